The first-order valence-corrected chi connectivity index (χ1v) is 9.11. The maximum atomic E-state index is 11.1. The van der Waals surface area contributed by atoms with Gasteiger partial charge < -0.3 is 5.32 Å². The van der Waals surface area contributed by atoms with Crippen LogP contribution in [-0.2, 0) is 10.1 Å². The number of rotatable bonds is 6. The van der Waals surface area contributed by atoms with Crippen LogP contribution in [0.15, 0.2) is 65.6 Å². The molecule has 1 aromatic heterocycles. The summed E-state index contributed by atoms with van der Waals surface area (Å²) < 4.78 is 31.1. The fourth-order valence-electron chi connectivity index (χ4n) is 2.23. The third-order valence-electron chi connectivity index (χ3n) is 3.51. The zero-order chi connectivity index (χ0) is 18.6. The van der Waals surface area contributed by atoms with Crippen molar-refractivity contribution in [3.63, 3.8) is 0 Å². The highest BCUT2D eigenvalue weighted by Gasteiger charge is 2.09. The van der Waals surface area contributed by atoms with E-state index in [0.29, 0.717) is 17.5 Å². The first-order chi connectivity index (χ1) is 12.5. The zero-order valence-electron chi connectivity index (χ0n) is 13.8. The molecule has 0 aliphatic heterocycles. The number of hydrogen-bond donors (Lipinski definition) is 4. The van der Waals surface area contributed by atoms with Gasteiger partial charge in [0.05, 0.1) is 16.3 Å². The number of nitrogens with zero attached hydrogens (tertiary/aromatic N) is 2. The highest BCUT2D eigenvalue weighted by Crippen LogP contribution is 2.21. The van der Waals surface area contributed by atoms with Gasteiger partial charge in [0, 0.05) is 18.7 Å². The number of hydrazine groups is 1. The van der Waals surface area contributed by atoms with Crippen molar-refractivity contribution in [3.05, 3.63) is 60.7 Å². The van der Waals surface area contributed by atoms with Crippen molar-refractivity contribution in [2.75, 3.05) is 23.2 Å². The lowest BCUT2D eigenvalue weighted by Gasteiger charge is -2.12. The Hall–Kier alpha value is -3.17. The Balaban J connectivity index is 1.79. The van der Waals surface area contributed by atoms with E-state index in [1.165, 1.54) is 24.3 Å². The number of anilines is 3. The Morgan fingerprint density at radius 1 is 0.923 bits per heavy atom. The number of hydrogen-bond acceptors (Lipinski definition) is 7. The van der Waals surface area contributed by atoms with E-state index in [1.807, 2.05) is 30.3 Å². The summed E-state index contributed by atoms with van der Waals surface area (Å²) in [7, 11) is -2.48. The molecule has 8 nitrogen and oxygen atoms in total. The van der Waals surface area contributed by atoms with Gasteiger partial charge in [0.2, 0.25) is 5.95 Å². The van der Waals surface area contributed by atoms with E-state index >= 15 is 0 Å². The second-order valence-corrected chi connectivity index (χ2v) is 6.75. The predicted molar refractivity (Wildman–Crippen MR) is 101 cm³/mol. The molecule has 0 aliphatic rings. The lowest BCUT2D eigenvalue weighted by atomic mass is 10.1. The summed E-state index contributed by atoms with van der Waals surface area (Å²) in [5, 5.41) is 2.92. The first-order valence-electron chi connectivity index (χ1n) is 7.67. The van der Waals surface area contributed by atoms with Crippen LogP contribution in [0.25, 0.3) is 11.3 Å². The van der Waals surface area contributed by atoms with E-state index in [2.05, 4.69) is 26.1 Å². The summed E-state index contributed by atoms with van der Waals surface area (Å²) in [5.41, 5.74) is 8.17. The third-order valence-corrected chi connectivity index (χ3v) is 4.37. The second kappa shape index (κ2) is 7.38. The minimum absolute atomic E-state index is 0.172. The van der Waals surface area contributed by atoms with Crippen LogP contribution in [0.5, 0.6) is 0 Å². The van der Waals surface area contributed by atoms with E-state index in [9.17, 15) is 8.42 Å². The summed E-state index contributed by atoms with van der Waals surface area (Å²) in [6, 6.07) is 17.1. The molecule has 3 rings (SSSR count). The molecule has 0 bridgehead atoms. The van der Waals surface area contributed by atoms with E-state index in [4.69, 9.17) is 4.55 Å². The van der Waals surface area contributed by atoms with Gasteiger partial charge in [-0.1, -0.05) is 30.3 Å². The number of benzene rings is 2. The van der Waals surface area contributed by atoms with Crippen molar-refractivity contribution in [2.24, 2.45) is 0 Å². The molecule has 2 aromatic carbocycles. The number of aromatic nitrogens is 2. The van der Waals surface area contributed by atoms with E-state index in [-0.39, 0.29) is 4.90 Å². The van der Waals surface area contributed by atoms with E-state index in [0.717, 1.165) is 11.3 Å². The van der Waals surface area contributed by atoms with E-state index in [1.54, 1.807) is 13.1 Å². The normalized spacial score (nSPS) is 11.0. The molecule has 4 N–H and O–H groups in total. The lowest BCUT2D eigenvalue weighted by Crippen LogP contribution is -2.12. The molecule has 0 fully saturated rings. The second-order valence-electron chi connectivity index (χ2n) is 5.33. The van der Waals surface area contributed by atoms with Gasteiger partial charge in [0.15, 0.2) is 5.82 Å². The van der Waals surface area contributed by atoms with Crippen LogP contribution < -0.4 is 16.2 Å². The minimum atomic E-state index is -4.21. The fraction of sp³-hybridized carbons (Fsp3) is 0.0588. The molecule has 0 saturated heterocycles. The van der Waals surface area contributed by atoms with Crippen LogP contribution in [-0.4, -0.2) is 30.0 Å². The lowest BCUT2D eigenvalue weighted by molar-refractivity contribution is 0.483. The van der Waals surface area contributed by atoms with Crippen molar-refractivity contribution in [2.45, 2.75) is 4.90 Å². The molecule has 0 amide bonds. The average Bonchev–Trinajstić information content (AvgIpc) is 2.66. The van der Waals surface area contributed by atoms with Gasteiger partial charge >= 0.3 is 0 Å². The van der Waals surface area contributed by atoms with Crippen molar-refractivity contribution in [3.8, 4) is 11.3 Å². The van der Waals surface area contributed by atoms with Crippen LogP contribution in [0.3, 0.4) is 0 Å². The molecule has 1 heterocycles. The quantitative estimate of drug-likeness (QED) is 0.386. The van der Waals surface area contributed by atoms with Gasteiger partial charge in [-0.15, -0.1) is 0 Å². The highest BCUT2D eigenvalue weighted by atomic mass is 32.2. The van der Waals surface area contributed by atoms with Gasteiger partial charge in [-0.3, -0.25) is 15.4 Å². The Morgan fingerprint density at radius 2 is 1.62 bits per heavy atom. The standard InChI is InChI=1S/C17H17N5O3S/c1-18-17-19-15(12-5-3-2-4-6-12)11-16(20-17)22-21-13-7-9-14(10-8-13)26(23,24)25/h2-11,21H,1H3,(H,23,24,25)(H2,18,19,20,22). The molecule has 26 heavy (non-hydrogen) atoms. The summed E-state index contributed by atoms with van der Waals surface area (Å²) in [4.78, 5) is 8.58. The minimum Gasteiger partial charge on any atom is -0.357 e. The van der Waals surface area contributed by atoms with Crippen molar-refractivity contribution < 1.29 is 13.0 Å². The summed E-state index contributed by atoms with van der Waals surface area (Å²) in [6.45, 7) is 0. The first kappa shape index (κ1) is 17.6. The van der Waals surface area contributed by atoms with Crippen molar-refractivity contribution >= 4 is 27.6 Å². The molecule has 9 heteroatoms. The largest absolute Gasteiger partial charge is 0.357 e. The van der Waals surface area contributed by atoms with Crippen LogP contribution in [0.2, 0.25) is 0 Å². The van der Waals surface area contributed by atoms with Crippen LogP contribution >= 0.6 is 0 Å². The van der Waals surface area contributed by atoms with Crippen molar-refractivity contribution in [1.29, 1.82) is 0 Å². The molecule has 0 atom stereocenters. The maximum Gasteiger partial charge on any atom is 0.294 e. The fourth-order valence-corrected chi connectivity index (χ4v) is 2.71. The van der Waals surface area contributed by atoms with Crippen LogP contribution in [0, 0.1) is 0 Å². The highest BCUT2D eigenvalue weighted by molar-refractivity contribution is 7.85. The summed E-state index contributed by atoms with van der Waals surface area (Å²) >= 11 is 0. The molecule has 0 spiro atoms. The molecule has 0 saturated carbocycles. The average molecular weight is 371 g/mol. The SMILES string of the molecule is CNc1nc(NNc2ccc(S(=O)(=O)O)cc2)cc(-c2ccccc2)n1. The van der Waals surface area contributed by atoms with Gasteiger partial charge in [-0.2, -0.15) is 13.4 Å². The smallest absolute Gasteiger partial charge is 0.294 e. The molecule has 0 unspecified atom stereocenters. The Bertz CT molecular complexity index is 993. The van der Waals surface area contributed by atoms with Crippen LogP contribution in [0.1, 0.15) is 0 Å². The molecular formula is C17H17N5O3S. The molecule has 0 aliphatic carbocycles. The molecular weight excluding hydrogens is 354 g/mol. The van der Waals surface area contributed by atoms with Gasteiger partial charge in [0.1, 0.15) is 0 Å². The van der Waals surface area contributed by atoms with Gasteiger partial charge in [0.25, 0.3) is 10.1 Å². The van der Waals surface area contributed by atoms with E-state index < -0.39 is 10.1 Å². The summed E-state index contributed by atoms with van der Waals surface area (Å²) in [5.74, 6) is 0.986. The molecule has 134 valence electrons. The van der Waals surface area contributed by atoms with Crippen LogP contribution in [0.4, 0.5) is 17.5 Å². The molecule has 0 radical (unpaired) electrons. The Morgan fingerprint density at radius 3 is 2.23 bits per heavy atom. The van der Waals surface area contributed by atoms with Gasteiger partial charge in [-0.25, -0.2) is 4.98 Å². The topological polar surface area (TPSA) is 116 Å². The molecule has 3 aromatic rings. The van der Waals surface area contributed by atoms with Gasteiger partial charge in [-0.05, 0) is 24.3 Å². The predicted octanol–water partition coefficient (Wildman–Crippen LogP) is 2.87. The third kappa shape index (κ3) is 4.26. The Labute approximate surface area is 151 Å². The zero-order valence-corrected chi connectivity index (χ0v) is 14.7. The summed E-state index contributed by atoms with van der Waals surface area (Å²) in [6.07, 6.45) is 0. The maximum absolute atomic E-state index is 11.1. The Kier molecular flexibility index (Phi) is 5.01. The monoisotopic (exact) mass is 371 g/mol. The number of nitrogens with one attached hydrogen (secondary N) is 3. The van der Waals surface area contributed by atoms with Crippen molar-refractivity contribution in [1.82, 2.24) is 9.97 Å².